The minimum Gasteiger partial charge on any atom is -0.480 e. The molecule has 1 amide bonds. The monoisotopic (exact) mass is 228 g/mol. The van der Waals surface area contributed by atoms with Crippen LogP contribution in [0.5, 0.6) is 5.75 Å². The van der Waals surface area contributed by atoms with Gasteiger partial charge in [0, 0.05) is 0 Å². The highest BCUT2D eigenvalue weighted by atomic mass is 35.5. The lowest BCUT2D eigenvalue weighted by molar-refractivity contribution is -0.118. The van der Waals surface area contributed by atoms with Gasteiger partial charge in [0.1, 0.15) is 0 Å². The molecular formula is C9H9ClN2O3. The van der Waals surface area contributed by atoms with Gasteiger partial charge in [-0.3, -0.25) is 15.1 Å². The van der Waals surface area contributed by atoms with Crippen LogP contribution in [-0.4, -0.2) is 19.6 Å². The van der Waals surface area contributed by atoms with Gasteiger partial charge in [-0.1, -0.05) is 11.6 Å². The van der Waals surface area contributed by atoms with E-state index in [1.54, 1.807) is 12.1 Å². The first-order valence-electron chi connectivity index (χ1n) is 4.26. The highest BCUT2D eigenvalue weighted by molar-refractivity contribution is 6.33. The Labute approximate surface area is 91.3 Å². The second-order valence-corrected chi connectivity index (χ2v) is 3.38. The van der Waals surface area contributed by atoms with Crippen LogP contribution in [0, 0.1) is 0 Å². The Morgan fingerprint density at radius 3 is 3.13 bits per heavy atom. The number of carbonyl (C=O) groups excluding carboxylic acids is 1. The third-order valence-electron chi connectivity index (χ3n) is 1.89. The van der Waals surface area contributed by atoms with Gasteiger partial charge in [-0.25, -0.2) is 0 Å². The van der Waals surface area contributed by atoms with E-state index < -0.39 is 0 Å². The van der Waals surface area contributed by atoms with Gasteiger partial charge in [0.25, 0.3) is 5.91 Å². The summed E-state index contributed by atoms with van der Waals surface area (Å²) >= 11 is 5.96. The Bertz CT molecular complexity index is 409. The molecule has 0 spiro atoms. The molecule has 0 atom stereocenters. The molecule has 1 aliphatic rings. The molecular weight excluding hydrogens is 220 g/mol. The molecule has 0 aliphatic carbocycles. The maximum Gasteiger partial charge on any atom is 0.262 e. The van der Waals surface area contributed by atoms with Gasteiger partial charge in [-0.05, 0) is 12.1 Å². The normalized spacial score (nSPS) is 13.9. The average molecular weight is 229 g/mol. The zero-order chi connectivity index (χ0) is 10.8. The quantitative estimate of drug-likeness (QED) is 0.756. The van der Waals surface area contributed by atoms with Crippen molar-refractivity contribution in [3.63, 3.8) is 0 Å². The Morgan fingerprint density at radius 2 is 2.40 bits per heavy atom. The van der Waals surface area contributed by atoms with Crippen LogP contribution in [0.3, 0.4) is 0 Å². The first-order valence-corrected chi connectivity index (χ1v) is 4.63. The minimum atomic E-state index is -0.201. The summed E-state index contributed by atoms with van der Waals surface area (Å²) in [6, 6.07) is 3.34. The van der Waals surface area contributed by atoms with Crippen LogP contribution < -0.4 is 15.5 Å². The van der Waals surface area contributed by atoms with Crippen LogP contribution in [-0.2, 0) is 9.63 Å². The van der Waals surface area contributed by atoms with Crippen LogP contribution in [0.4, 0.5) is 11.4 Å². The van der Waals surface area contributed by atoms with Crippen LogP contribution in [0.25, 0.3) is 0 Å². The third kappa shape index (κ3) is 1.98. The van der Waals surface area contributed by atoms with Gasteiger partial charge >= 0.3 is 0 Å². The molecule has 2 rings (SSSR count). The van der Waals surface area contributed by atoms with Crippen LogP contribution in [0.2, 0.25) is 5.02 Å². The number of amides is 1. The molecule has 5 nitrogen and oxygen atoms in total. The molecule has 1 aromatic carbocycles. The molecule has 80 valence electrons. The summed E-state index contributed by atoms with van der Waals surface area (Å²) in [4.78, 5) is 15.8. The summed E-state index contributed by atoms with van der Waals surface area (Å²) in [5, 5.41) is 3.08. The van der Waals surface area contributed by atoms with Crippen LogP contribution in [0.15, 0.2) is 12.1 Å². The molecule has 0 fully saturated rings. The summed E-state index contributed by atoms with van der Waals surface area (Å²) < 4.78 is 5.19. The van der Waals surface area contributed by atoms with Crippen molar-refractivity contribution in [3.8, 4) is 5.75 Å². The highest BCUT2D eigenvalue weighted by Gasteiger charge is 2.19. The second kappa shape index (κ2) is 3.96. The van der Waals surface area contributed by atoms with E-state index in [4.69, 9.17) is 21.2 Å². The summed E-state index contributed by atoms with van der Waals surface area (Å²) in [7, 11) is 1.49. The number of halogens is 1. The number of ether oxygens (including phenoxy) is 1. The largest absolute Gasteiger partial charge is 0.480 e. The number of rotatable bonds is 2. The Balaban J connectivity index is 2.39. The average Bonchev–Trinajstić information content (AvgIpc) is 2.17. The Hall–Kier alpha value is -1.46. The van der Waals surface area contributed by atoms with E-state index in [0.717, 1.165) is 0 Å². The smallest absolute Gasteiger partial charge is 0.262 e. The van der Waals surface area contributed by atoms with Crippen molar-refractivity contribution in [1.29, 1.82) is 0 Å². The topological polar surface area (TPSA) is 59.6 Å². The van der Waals surface area contributed by atoms with Crippen molar-refractivity contribution in [2.24, 2.45) is 0 Å². The van der Waals surface area contributed by atoms with E-state index in [1.807, 2.05) is 0 Å². The van der Waals surface area contributed by atoms with E-state index >= 15 is 0 Å². The van der Waals surface area contributed by atoms with Crippen LogP contribution in [0.1, 0.15) is 0 Å². The SMILES string of the molecule is CONc1cc(Cl)c2c(c1)NC(=O)CO2. The number of fused-ring (bicyclic) bond motifs is 1. The highest BCUT2D eigenvalue weighted by Crippen LogP contribution is 2.38. The molecule has 0 unspecified atom stereocenters. The number of benzene rings is 1. The zero-order valence-electron chi connectivity index (χ0n) is 7.96. The summed E-state index contributed by atoms with van der Waals surface area (Å²) in [5.41, 5.74) is 3.81. The van der Waals surface area contributed by atoms with Gasteiger partial charge in [-0.2, -0.15) is 0 Å². The van der Waals surface area contributed by atoms with E-state index in [-0.39, 0.29) is 12.5 Å². The number of hydrogen-bond donors (Lipinski definition) is 2. The lowest BCUT2D eigenvalue weighted by Crippen LogP contribution is -2.25. The molecule has 1 aliphatic heterocycles. The van der Waals surface area contributed by atoms with Gasteiger partial charge in [-0.15, -0.1) is 0 Å². The van der Waals surface area contributed by atoms with E-state index in [1.165, 1.54) is 7.11 Å². The van der Waals surface area contributed by atoms with Crippen LogP contribution >= 0.6 is 11.6 Å². The minimum absolute atomic E-state index is 0.0101. The number of carbonyl (C=O) groups is 1. The first kappa shape index (κ1) is 10.1. The first-order chi connectivity index (χ1) is 7.20. The number of nitrogens with one attached hydrogen (secondary N) is 2. The van der Waals surface area contributed by atoms with Gasteiger partial charge in [0.05, 0.1) is 23.5 Å². The molecule has 0 saturated heterocycles. The number of hydrogen-bond acceptors (Lipinski definition) is 4. The standard InChI is InChI=1S/C9H9ClN2O3/c1-14-12-5-2-6(10)9-7(3-5)11-8(13)4-15-9/h2-3,12H,4H2,1H3,(H,11,13). The Morgan fingerprint density at radius 1 is 1.60 bits per heavy atom. The number of anilines is 2. The van der Waals surface area contributed by atoms with Gasteiger partial charge < -0.3 is 10.1 Å². The molecule has 6 heteroatoms. The molecule has 1 aromatic rings. The Kier molecular flexibility index (Phi) is 2.66. The maximum atomic E-state index is 11.1. The van der Waals surface area contributed by atoms with Crippen molar-refractivity contribution in [2.45, 2.75) is 0 Å². The summed E-state index contributed by atoms with van der Waals surface area (Å²) in [5.74, 6) is 0.283. The molecule has 0 radical (unpaired) electrons. The fourth-order valence-electron chi connectivity index (χ4n) is 1.33. The summed E-state index contributed by atoms with van der Waals surface area (Å²) in [6.45, 7) is -0.0101. The van der Waals surface area contributed by atoms with Crippen molar-refractivity contribution >= 4 is 28.9 Å². The fourth-order valence-corrected chi connectivity index (χ4v) is 1.61. The molecule has 15 heavy (non-hydrogen) atoms. The maximum absolute atomic E-state index is 11.1. The third-order valence-corrected chi connectivity index (χ3v) is 2.17. The fraction of sp³-hybridized carbons (Fsp3) is 0.222. The molecule has 0 aromatic heterocycles. The lowest BCUT2D eigenvalue weighted by atomic mass is 10.2. The summed E-state index contributed by atoms with van der Waals surface area (Å²) in [6.07, 6.45) is 0. The molecule has 2 N–H and O–H groups in total. The molecule has 1 heterocycles. The predicted molar refractivity (Wildman–Crippen MR) is 56.2 cm³/mol. The van der Waals surface area contributed by atoms with Gasteiger partial charge in [0.2, 0.25) is 0 Å². The van der Waals surface area contributed by atoms with E-state index in [9.17, 15) is 4.79 Å². The zero-order valence-corrected chi connectivity index (χ0v) is 8.72. The van der Waals surface area contributed by atoms with Gasteiger partial charge in [0.15, 0.2) is 12.4 Å². The molecule has 0 saturated carbocycles. The second-order valence-electron chi connectivity index (χ2n) is 2.98. The van der Waals surface area contributed by atoms with Crippen molar-refractivity contribution in [1.82, 2.24) is 0 Å². The lowest BCUT2D eigenvalue weighted by Gasteiger charge is -2.19. The van der Waals surface area contributed by atoms with Crippen molar-refractivity contribution in [3.05, 3.63) is 17.2 Å². The van der Waals surface area contributed by atoms with E-state index in [2.05, 4.69) is 10.8 Å². The molecule has 0 bridgehead atoms. The van der Waals surface area contributed by atoms with Crippen molar-refractivity contribution in [2.75, 3.05) is 24.5 Å². The van der Waals surface area contributed by atoms with Crippen molar-refractivity contribution < 1.29 is 14.4 Å². The predicted octanol–water partition coefficient (Wildman–Crippen LogP) is 1.64. The van der Waals surface area contributed by atoms with E-state index in [0.29, 0.717) is 22.1 Å².